The normalized spacial score (nSPS) is 17.0. The molecule has 1 amide bonds. The van der Waals surface area contributed by atoms with Gasteiger partial charge in [0.2, 0.25) is 5.91 Å². The number of thiazole rings is 1. The second-order valence-corrected chi connectivity index (χ2v) is 8.08. The predicted octanol–water partition coefficient (Wildman–Crippen LogP) is 3.33. The number of rotatable bonds is 4. The summed E-state index contributed by atoms with van der Waals surface area (Å²) in [6.45, 7) is 2.29. The van der Waals surface area contributed by atoms with Gasteiger partial charge < -0.3 is 25.5 Å². The van der Waals surface area contributed by atoms with Crippen LogP contribution in [0.15, 0.2) is 42.6 Å². The number of aromatic amines is 1. The van der Waals surface area contributed by atoms with Crippen LogP contribution in [-0.2, 0) is 16.0 Å². The van der Waals surface area contributed by atoms with Crippen molar-refractivity contribution in [3.63, 3.8) is 0 Å². The van der Waals surface area contributed by atoms with Gasteiger partial charge in [0.05, 0.1) is 29.3 Å². The molecule has 2 aromatic heterocycles. The topological polar surface area (TPSA) is 99.3 Å². The van der Waals surface area contributed by atoms with Crippen molar-refractivity contribution in [2.75, 3.05) is 25.0 Å². The summed E-state index contributed by atoms with van der Waals surface area (Å²) in [7, 11) is 0. The number of phenols is 1. The van der Waals surface area contributed by atoms with Crippen molar-refractivity contribution in [1.29, 1.82) is 0 Å². The number of para-hydroxylation sites is 1. The Morgan fingerprint density at radius 2 is 2.28 bits per heavy atom. The van der Waals surface area contributed by atoms with Crippen molar-refractivity contribution < 1.29 is 14.6 Å². The number of carbonyl (C=O) groups excluding carboxylic acids is 1. The number of H-pyrrole nitrogens is 1. The van der Waals surface area contributed by atoms with Crippen molar-refractivity contribution in [2.45, 2.75) is 12.5 Å². The van der Waals surface area contributed by atoms with Gasteiger partial charge in [0.15, 0.2) is 5.13 Å². The molecule has 7 nitrogen and oxygen atoms in total. The molecule has 4 aromatic rings. The highest BCUT2D eigenvalue weighted by molar-refractivity contribution is 7.22. The van der Waals surface area contributed by atoms with Crippen molar-refractivity contribution in [1.82, 2.24) is 15.3 Å². The average molecular weight is 408 g/mol. The highest BCUT2D eigenvalue weighted by Crippen LogP contribution is 2.33. The Labute approximate surface area is 170 Å². The number of anilines is 1. The summed E-state index contributed by atoms with van der Waals surface area (Å²) in [5, 5.41) is 17.4. The number of amides is 1. The van der Waals surface area contributed by atoms with Gasteiger partial charge in [-0.3, -0.25) is 4.79 Å². The van der Waals surface area contributed by atoms with Crippen LogP contribution in [0.3, 0.4) is 0 Å². The number of morpholine rings is 1. The van der Waals surface area contributed by atoms with Gasteiger partial charge in [0.25, 0.3) is 0 Å². The molecule has 1 aliphatic heterocycles. The standard InChI is InChI=1S/C21H20N4O3S/c26-13-4-5-16-15(9-13)12(10-23-16)8-19(27)24-21-25-20-14(2-1-3-18(20)29-21)17-11-22-6-7-28-17/h1-5,9-10,17,22-23,26H,6-8,11H2,(H,24,25,27). The number of aromatic hydroxyl groups is 1. The van der Waals surface area contributed by atoms with Crippen LogP contribution in [0.2, 0.25) is 0 Å². The Morgan fingerprint density at radius 1 is 1.34 bits per heavy atom. The zero-order chi connectivity index (χ0) is 19.8. The van der Waals surface area contributed by atoms with Crippen LogP contribution in [0, 0.1) is 0 Å². The Kier molecular flexibility index (Phi) is 4.67. The minimum atomic E-state index is -0.148. The van der Waals surface area contributed by atoms with Gasteiger partial charge in [-0.25, -0.2) is 4.98 Å². The van der Waals surface area contributed by atoms with E-state index < -0.39 is 0 Å². The molecule has 4 N–H and O–H groups in total. The number of ether oxygens (including phenoxy) is 1. The number of phenolic OH excluding ortho intramolecular Hbond substituents is 1. The lowest BCUT2D eigenvalue weighted by Crippen LogP contribution is -2.33. The molecule has 148 valence electrons. The molecule has 0 spiro atoms. The first-order valence-electron chi connectivity index (χ1n) is 9.48. The first-order chi connectivity index (χ1) is 14.2. The van der Waals surface area contributed by atoms with E-state index in [0.717, 1.165) is 45.3 Å². The lowest BCUT2D eigenvalue weighted by Gasteiger charge is -2.24. The second kappa shape index (κ2) is 7.47. The number of hydrogen-bond donors (Lipinski definition) is 4. The van der Waals surface area contributed by atoms with E-state index in [1.54, 1.807) is 24.4 Å². The Morgan fingerprint density at radius 3 is 3.14 bits per heavy atom. The third kappa shape index (κ3) is 3.57. The first-order valence-corrected chi connectivity index (χ1v) is 10.3. The summed E-state index contributed by atoms with van der Waals surface area (Å²) in [5.41, 5.74) is 3.63. The molecular formula is C21H20N4O3S. The summed E-state index contributed by atoms with van der Waals surface area (Å²) in [4.78, 5) is 20.4. The van der Waals surface area contributed by atoms with E-state index in [-0.39, 0.29) is 24.2 Å². The highest BCUT2D eigenvalue weighted by Gasteiger charge is 2.20. The minimum Gasteiger partial charge on any atom is -0.508 e. The SMILES string of the molecule is O=C(Cc1c[nH]c2ccc(O)cc12)Nc1nc2c(C3CNCCO3)cccc2s1. The third-order valence-corrected chi connectivity index (χ3v) is 6.01. The van der Waals surface area contributed by atoms with Gasteiger partial charge in [-0.2, -0.15) is 0 Å². The lowest BCUT2D eigenvalue weighted by atomic mass is 10.1. The van der Waals surface area contributed by atoms with Gasteiger partial charge in [-0.1, -0.05) is 23.5 Å². The van der Waals surface area contributed by atoms with E-state index in [4.69, 9.17) is 4.74 Å². The Bertz CT molecular complexity index is 1190. The molecule has 0 bridgehead atoms. The Hall–Kier alpha value is -2.94. The molecule has 1 aliphatic rings. The quantitative estimate of drug-likeness (QED) is 0.415. The molecule has 1 saturated heterocycles. The fourth-order valence-corrected chi connectivity index (χ4v) is 4.61. The summed E-state index contributed by atoms with van der Waals surface area (Å²) in [5.74, 6) is 0.0299. The average Bonchev–Trinajstić information content (AvgIpc) is 3.31. The van der Waals surface area contributed by atoms with Crippen LogP contribution in [0.5, 0.6) is 5.75 Å². The number of aromatic nitrogens is 2. The summed E-state index contributed by atoms with van der Waals surface area (Å²) >= 11 is 1.46. The van der Waals surface area contributed by atoms with Crippen molar-refractivity contribution in [3.05, 3.63) is 53.7 Å². The molecule has 1 fully saturated rings. The fourth-order valence-electron chi connectivity index (χ4n) is 3.70. The van der Waals surface area contributed by atoms with Crippen molar-refractivity contribution in [3.8, 4) is 5.75 Å². The van der Waals surface area contributed by atoms with Gasteiger partial charge in [0.1, 0.15) is 5.75 Å². The molecule has 0 radical (unpaired) electrons. The number of carbonyl (C=O) groups is 1. The van der Waals surface area contributed by atoms with Crippen molar-refractivity contribution in [2.24, 2.45) is 0 Å². The molecule has 29 heavy (non-hydrogen) atoms. The molecule has 1 unspecified atom stereocenters. The predicted molar refractivity (Wildman–Crippen MR) is 113 cm³/mol. The number of benzene rings is 2. The van der Waals surface area contributed by atoms with E-state index in [1.807, 2.05) is 18.2 Å². The van der Waals surface area contributed by atoms with E-state index in [2.05, 4.69) is 20.6 Å². The van der Waals surface area contributed by atoms with Gasteiger partial charge >= 0.3 is 0 Å². The molecule has 0 aliphatic carbocycles. The summed E-state index contributed by atoms with van der Waals surface area (Å²) in [6.07, 6.45) is 1.96. The molecule has 5 rings (SSSR count). The number of hydrogen-bond acceptors (Lipinski definition) is 6. The maximum atomic E-state index is 12.6. The van der Waals surface area contributed by atoms with Crippen molar-refractivity contribution >= 4 is 43.5 Å². The maximum absolute atomic E-state index is 12.6. The van der Waals surface area contributed by atoms with Gasteiger partial charge in [-0.05, 0) is 29.8 Å². The monoisotopic (exact) mass is 408 g/mol. The molecule has 1 atom stereocenters. The molecule has 3 heterocycles. The number of nitrogens with one attached hydrogen (secondary N) is 3. The molecular weight excluding hydrogens is 388 g/mol. The van der Waals surface area contributed by atoms with E-state index in [9.17, 15) is 9.90 Å². The Balaban J connectivity index is 1.37. The fraction of sp³-hybridized carbons (Fsp3) is 0.238. The highest BCUT2D eigenvalue weighted by atomic mass is 32.1. The summed E-state index contributed by atoms with van der Waals surface area (Å²) in [6, 6.07) is 11.1. The molecule has 0 saturated carbocycles. The minimum absolute atomic E-state index is 0.0306. The number of nitrogens with zero attached hydrogens (tertiary/aromatic N) is 1. The number of fused-ring (bicyclic) bond motifs is 2. The smallest absolute Gasteiger partial charge is 0.230 e. The van der Waals surface area contributed by atoms with Crippen LogP contribution >= 0.6 is 11.3 Å². The zero-order valence-corrected chi connectivity index (χ0v) is 16.4. The van der Waals surface area contributed by atoms with Gasteiger partial charge in [-0.15, -0.1) is 0 Å². The zero-order valence-electron chi connectivity index (χ0n) is 15.6. The van der Waals surface area contributed by atoms with Crippen LogP contribution < -0.4 is 10.6 Å². The second-order valence-electron chi connectivity index (χ2n) is 7.05. The molecule has 8 heteroatoms. The van der Waals surface area contributed by atoms with Crippen LogP contribution in [0.25, 0.3) is 21.1 Å². The maximum Gasteiger partial charge on any atom is 0.230 e. The summed E-state index contributed by atoms with van der Waals surface area (Å²) < 4.78 is 6.89. The van der Waals surface area contributed by atoms with Gasteiger partial charge in [0, 0.05) is 35.8 Å². The van der Waals surface area contributed by atoms with E-state index in [0.29, 0.717) is 11.7 Å². The van der Waals surface area contributed by atoms with Crippen LogP contribution in [0.1, 0.15) is 17.2 Å². The van der Waals surface area contributed by atoms with Crippen LogP contribution in [-0.4, -0.2) is 40.7 Å². The van der Waals surface area contributed by atoms with E-state index in [1.165, 1.54) is 11.3 Å². The van der Waals surface area contributed by atoms with E-state index >= 15 is 0 Å². The molecule has 2 aromatic carbocycles. The lowest BCUT2D eigenvalue weighted by molar-refractivity contribution is -0.115. The third-order valence-electron chi connectivity index (χ3n) is 5.07. The van der Waals surface area contributed by atoms with Crippen LogP contribution in [0.4, 0.5) is 5.13 Å². The largest absolute Gasteiger partial charge is 0.508 e. The first kappa shape index (κ1) is 18.1.